The van der Waals surface area contributed by atoms with Crippen LogP contribution in [0.1, 0.15) is 32.7 Å². The Balaban J connectivity index is 2.60. The van der Waals surface area contributed by atoms with Crippen LogP contribution in [0.25, 0.3) is 11.3 Å². The number of nitrogens with zero attached hydrogens (tertiary/aromatic N) is 1. The van der Waals surface area contributed by atoms with Gasteiger partial charge in [0.25, 0.3) is 0 Å². The Bertz CT molecular complexity index is 584. The van der Waals surface area contributed by atoms with E-state index < -0.39 is 0 Å². The number of aromatic nitrogens is 1. The van der Waals surface area contributed by atoms with E-state index >= 15 is 0 Å². The summed E-state index contributed by atoms with van der Waals surface area (Å²) >= 11 is 1.47. The predicted octanol–water partition coefficient (Wildman–Crippen LogP) is 3.94. The summed E-state index contributed by atoms with van der Waals surface area (Å²) in [5.41, 5.74) is 4.48. The van der Waals surface area contributed by atoms with Crippen molar-refractivity contribution in [2.24, 2.45) is 0 Å². The van der Waals surface area contributed by atoms with Crippen LogP contribution in [-0.4, -0.2) is 10.8 Å². The summed E-state index contributed by atoms with van der Waals surface area (Å²) in [5, 5.41) is 0.596. The molecule has 3 heteroatoms. The van der Waals surface area contributed by atoms with Crippen LogP contribution in [0.4, 0.5) is 0 Å². The van der Waals surface area contributed by atoms with Crippen LogP contribution < -0.4 is 0 Å². The standard InChI is InChI=1S/C14H15NOS/c1-8-5-6-9(2)12(7-8)13-11(4)17-14(15-13)10(3)16/h5-7H,1-4H3. The summed E-state index contributed by atoms with van der Waals surface area (Å²) in [6.07, 6.45) is 0. The van der Waals surface area contributed by atoms with E-state index in [1.54, 1.807) is 6.92 Å². The number of hydrogen-bond acceptors (Lipinski definition) is 3. The van der Waals surface area contributed by atoms with Gasteiger partial charge in [0.05, 0.1) is 5.69 Å². The normalized spacial score (nSPS) is 10.6. The second kappa shape index (κ2) is 4.41. The molecular weight excluding hydrogens is 230 g/mol. The van der Waals surface area contributed by atoms with Crippen molar-refractivity contribution in [3.63, 3.8) is 0 Å². The lowest BCUT2D eigenvalue weighted by Crippen LogP contribution is -1.91. The van der Waals surface area contributed by atoms with Crippen LogP contribution in [0.15, 0.2) is 18.2 Å². The summed E-state index contributed by atoms with van der Waals surface area (Å²) in [4.78, 5) is 16.9. The minimum absolute atomic E-state index is 0.0367. The molecule has 0 N–H and O–H groups in total. The number of benzene rings is 1. The molecule has 2 nitrogen and oxygen atoms in total. The van der Waals surface area contributed by atoms with E-state index in [1.807, 2.05) is 6.92 Å². The molecule has 0 aliphatic heterocycles. The largest absolute Gasteiger partial charge is 0.292 e. The van der Waals surface area contributed by atoms with Crippen LogP contribution >= 0.6 is 11.3 Å². The minimum atomic E-state index is 0.0367. The van der Waals surface area contributed by atoms with Gasteiger partial charge < -0.3 is 0 Å². The molecule has 2 rings (SSSR count). The molecule has 0 spiro atoms. The highest BCUT2D eigenvalue weighted by Crippen LogP contribution is 2.30. The van der Waals surface area contributed by atoms with Gasteiger partial charge in [-0.2, -0.15) is 0 Å². The first-order valence-corrected chi connectivity index (χ1v) is 6.36. The van der Waals surface area contributed by atoms with Crippen LogP contribution in [-0.2, 0) is 0 Å². The topological polar surface area (TPSA) is 30.0 Å². The molecule has 0 fully saturated rings. The third-order valence-corrected chi connectivity index (χ3v) is 3.82. The molecule has 0 amide bonds. The molecule has 1 aromatic carbocycles. The number of carbonyl (C=O) groups is 1. The van der Waals surface area contributed by atoms with E-state index in [4.69, 9.17) is 0 Å². The van der Waals surface area contributed by atoms with Crippen LogP contribution in [0, 0.1) is 20.8 Å². The minimum Gasteiger partial charge on any atom is -0.292 e. The van der Waals surface area contributed by atoms with Gasteiger partial charge in [-0.3, -0.25) is 4.79 Å². The molecular formula is C14H15NOS. The fraction of sp³-hybridized carbons (Fsp3) is 0.286. The van der Waals surface area contributed by atoms with Gasteiger partial charge in [0.2, 0.25) is 0 Å². The maximum atomic E-state index is 11.3. The first-order valence-electron chi connectivity index (χ1n) is 5.55. The highest BCUT2D eigenvalue weighted by Gasteiger charge is 2.14. The van der Waals surface area contributed by atoms with Gasteiger partial charge in [0, 0.05) is 17.4 Å². The zero-order valence-corrected chi connectivity index (χ0v) is 11.3. The molecule has 0 bridgehead atoms. The van der Waals surface area contributed by atoms with Gasteiger partial charge in [-0.15, -0.1) is 11.3 Å². The van der Waals surface area contributed by atoms with E-state index in [-0.39, 0.29) is 5.78 Å². The number of carbonyl (C=O) groups excluding carboxylic acids is 1. The molecule has 0 saturated carbocycles. The fourth-order valence-corrected chi connectivity index (χ4v) is 2.61. The highest BCUT2D eigenvalue weighted by atomic mass is 32.1. The van der Waals surface area contributed by atoms with Gasteiger partial charge in [-0.05, 0) is 32.4 Å². The monoisotopic (exact) mass is 245 g/mol. The van der Waals surface area contributed by atoms with Crippen molar-refractivity contribution in [3.05, 3.63) is 39.2 Å². The zero-order chi connectivity index (χ0) is 12.6. The third-order valence-electron chi connectivity index (χ3n) is 2.75. The van der Waals surface area contributed by atoms with Gasteiger partial charge in [0.15, 0.2) is 10.8 Å². The molecule has 17 heavy (non-hydrogen) atoms. The summed E-state index contributed by atoms with van der Waals surface area (Å²) in [6.45, 7) is 7.71. The van der Waals surface area contributed by atoms with E-state index in [2.05, 4.69) is 37.0 Å². The molecule has 2 aromatic rings. The van der Waals surface area contributed by atoms with Gasteiger partial charge >= 0.3 is 0 Å². The van der Waals surface area contributed by atoms with E-state index in [1.165, 1.54) is 22.5 Å². The Morgan fingerprint density at radius 3 is 2.53 bits per heavy atom. The Kier molecular flexibility index (Phi) is 3.11. The number of ketones is 1. The second-order valence-electron chi connectivity index (χ2n) is 4.30. The molecule has 88 valence electrons. The molecule has 1 aromatic heterocycles. The number of thiazole rings is 1. The SMILES string of the molecule is CC(=O)c1nc(-c2cc(C)ccc2C)c(C)s1. The maximum Gasteiger partial charge on any atom is 0.188 e. The predicted molar refractivity (Wildman–Crippen MR) is 71.8 cm³/mol. The van der Waals surface area contributed by atoms with E-state index in [0.29, 0.717) is 5.01 Å². The smallest absolute Gasteiger partial charge is 0.188 e. The van der Waals surface area contributed by atoms with Crippen LogP contribution in [0.3, 0.4) is 0 Å². The van der Waals surface area contributed by atoms with Gasteiger partial charge in [0.1, 0.15) is 0 Å². The first-order chi connectivity index (χ1) is 7.99. The Hall–Kier alpha value is -1.48. The molecule has 0 unspecified atom stereocenters. The summed E-state index contributed by atoms with van der Waals surface area (Å²) in [7, 11) is 0. The summed E-state index contributed by atoms with van der Waals surface area (Å²) < 4.78 is 0. The Labute approximate surface area is 105 Å². The summed E-state index contributed by atoms with van der Waals surface area (Å²) in [5.74, 6) is 0.0367. The number of Topliss-reactive ketones (excluding diaryl/α,β-unsaturated/α-hetero) is 1. The molecule has 0 aliphatic rings. The lowest BCUT2D eigenvalue weighted by atomic mass is 10.0. The van der Waals surface area contributed by atoms with Crippen molar-refractivity contribution >= 4 is 17.1 Å². The van der Waals surface area contributed by atoms with Crippen molar-refractivity contribution in [1.29, 1.82) is 0 Å². The molecule has 0 atom stereocenters. The van der Waals surface area contributed by atoms with E-state index in [9.17, 15) is 4.79 Å². The third kappa shape index (κ3) is 2.29. The van der Waals surface area contributed by atoms with Crippen molar-refractivity contribution in [3.8, 4) is 11.3 Å². The second-order valence-corrected chi connectivity index (χ2v) is 5.50. The quantitative estimate of drug-likeness (QED) is 0.750. The van der Waals surface area contributed by atoms with Gasteiger partial charge in [-0.25, -0.2) is 4.98 Å². The average Bonchev–Trinajstić information content (AvgIpc) is 2.64. The number of aryl methyl sites for hydroxylation is 3. The first kappa shape index (κ1) is 12.0. The van der Waals surface area contributed by atoms with Crippen LogP contribution in [0.2, 0.25) is 0 Å². The van der Waals surface area contributed by atoms with E-state index in [0.717, 1.165) is 16.1 Å². The highest BCUT2D eigenvalue weighted by molar-refractivity contribution is 7.14. The number of hydrogen-bond donors (Lipinski definition) is 0. The molecule has 1 heterocycles. The van der Waals surface area contributed by atoms with Crippen molar-refractivity contribution < 1.29 is 4.79 Å². The Morgan fingerprint density at radius 2 is 1.94 bits per heavy atom. The molecule has 0 radical (unpaired) electrons. The Morgan fingerprint density at radius 1 is 1.24 bits per heavy atom. The summed E-state index contributed by atoms with van der Waals surface area (Å²) in [6, 6.07) is 6.31. The lowest BCUT2D eigenvalue weighted by molar-refractivity contribution is 0.101. The zero-order valence-electron chi connectivity index (χ0n) is 10.5. The lowest BCUT2D eigenvalue weighted by Gasteiger charge is -2.05. The average molecular weight is 245 g/mol. The van der Waals surface area contributed by atoms with Crippen LogP contribution in [0.5, 0.6) is 0 Å². The van der Waals surface area contributed by atoms with Crippen molar-refractivity contribution in [1.82, 2.24) is 4.98 Å². The molecule has 0 aliphatic carbocycles. The molecule has 0 saturated heterocycles. The fourth-order valence-electron chi connectivity index (χ4n) is 1.79. The van der Waals surface area contributed by atoms with Crippen molar-refractivity contribution in [2.45, 2.75) is 27.7 Å². The van der Waals surface area contributed by atoms with Gasteiger partial charge in [-0.1, -0.05) is 17.7 Å². The van der Waals surface area contributed by atoms with Crippen molar-refractivity contribution in [2.75, 3.05) is 0 Å². The maximum absolute atomic E-state index is 11.3. The number of rotatable bonds is 2.